The summed E-state index contributed by atoms with van der Waals surface area (Å²) in [5.41, 5.74) is 6.28. The summed E-state index contributed by atoms with van der Waals surface area (Å²) in [5.74, 6) is 0.280. The van der Waals surface area contributed by atoms with Crippen LogP contribution >= 0.6 is 0 Å². The number of nitrogens with zero attached hydrogens (tertiary/aromatic N) is 1. The summed E-state index contributed by atoms with van der Waals surface area (Å²) in [6, 6.07) is -0.229. The standard InChI is InChI=1S/C21H39N3O2/c1-3-5-6-7-8-9-10-11-12-13-14-16-23-20(25)19-17-26-21(24-19)18(22)15-4-2/h17-18H,3-16,22H2,1-2H3,(H,23,25). The van der Waals surface area contributed by atoms with Gasteiger partial charge in [-0.3, -0.25) is 4.79 Å². The first kappa shape index (κ1) is 22.7. The summed E-state index contributed by atoms with van der Waals surface area (Å²) < 4.78 is 5.32. The molecule has 0 aliphatic rings. The molecule has 0 spiro atoms. The predicted octanol–water partition coefficient (Wildman–Crippen LogP) is 5.52. The molecule has 1 unspecified atom stereocenters. The number of hydrogen-bond donors (Lipinski definition) is 2. The molecule has 5 nitrogen and oxygen atoms in total. The van der Waals surface area contributed by atoms with Crippen LogP contribution in [-0.2, 0) is 0 Å². The van der Waals surface area contributed by atoms with E-state index in [0.717, 1.165) is 19.3 Å². The number of aromatic nitrogens is 1. The summed E-state index contributed by atoms with van der Waals surface area (Å²) in [6.45, 7) is 5.01. The molecule has 0 aliphatic heterocycles. The van der Waals surface area contributed by atoms with E-state index >= 15 is 0 Å². The van der Waals surface area contributed by atoms with Gasteiger partial charge in [-0.05, 0) is 12.8 Å². The third-order valence-electron chi connectivity index (χ3n) is 4.74. The van der Waals surface area contributed by atoms with Crippen molar-refractivity contribution in [1.29, 1.82) is 0 Å². The van der Waals surface area contributed by atoms with Crippen molar-refractivity contribution in [3.63, 3.8) is 0 Å². The van der Waals surface area contributed by atoms with E-state index in [1.165, 1.54) is 70.5 Å². The number of carbonyl (C=O) groups is 1. The molecule has 0 saturated heterocycles. The summed E-state index contributed by atoms with van der Waals surface area (Å²) in [6.07, 6.45) is 17.5. The Morgan fingerprint density at radius 2 is 1.58 bits per heavy atom. The van der Waals surface area contributed by atoms with Gasteiger partial charge in [-0.2, -0.15) is 0 Å². The molecule has 3 N–H and O–H groups in total. The summed E-state index contributed by atoms with van der Waals surface area (Å²) in [7, 11) is 0. The average molecular weight is 366 g/mol. The van der Waals surface area contributed by atoms with Crippen LogP contribution in [0.5, 0.6) is 0 Å². The molecule has 1 amide bonds. The highest BCUT2D eigenvalue weighted by Crippen LogP contribution is 2.15. The highest BCUT2D eigenvalue weighted by atomic mass is 16.3. The zero-order valence-corrected chi connectivity index (χ0v) is 16.9. The van der Waals surface area contributed by atoms with Crippen LogP contribution in [0.4, 0.5) is 0 Å². The Bertz CT molecular complexity index is 474. The Kier molecular flexibility index (Phi) is 12.9. The molecule has 1 heterocycles. The number of rotatable bonds is 16. The molecule has 1 aromatic rings. The molecule has 0 bridgehead atoms. The average Bonchev–Trinajstić information content (AvgIpc) is 3.13. The van der Waals surface area contributed by atoms with Gasteiger partial charge >= 0.3 is 0 Å². The van der Waals surface area contributed by atoms with Crippen molar-refractivity contribution >= 4 is 5.91 Å². The van der Waals surface area contributed by atoms with Gasteiger partial charge < -0.3 is 15.5 Å². The lowest BCUT2D eigenvalue weighted by molar-refractivity contribution is 0.0948. The topological polar surface area (TPSA) is 81.2 Å². The molecule has 0 saturated carbocycles. The Morgan fingerprint density at radius 3 is 2.15 bits per heavy atom. The van der Waals surface area contributed by atoms with Crippen molar-refractivity contribution in [3.05, 3.63) is 17.8 Å². The molecule has 0 aromatic carbocycles. The maximum absolute atomic E-state index is 12.0. The fraction of sp³-hybridized carbons (Fsp3) is 0.810. The third-order valence-corrected chi connectivity index (χ3v) is 4.74. The maximum Gasteiger partial charge on any atom is 0.273 e. The molecule has 26 heavy (non-hydrogen) atoms. The van der Waals surface area contributed by atoms with Crippen LogP contribution in [0.25, 0.3) is 0 Å². The van der Waals surface area contributed by atoms with E-state index in [1.807, 2.05) is 0 Å². The molecule has 0 radical (unpaired) electrons. The van der Waals surface area contributed by atoms with Crippen LogP contribution < -0.4 is 11.1 Å². The van der Waals surface area contributed by atoms with Gasteiger partial charge in [-0.1, -0.05) is 84.5 Å². The molecular weight excluding hydrogens is 326 g/mol. The first-order valence-corrected chi connectivity index (χ1v) is 10.7. The van der Waals surface area contributed by atoms with Gasteiger partial charge in [0, 0.05) is 6.54 Å². The lowest BCUT2D eigenvalue weighted by Crippen LogP contribution is -2.25. The van der Waals surface area contributed by atoms with Crippen molar-refractivity contribution in [3.8, 4) is 0 Å². The van der Waals surface area contributed by atoms with Gasteiger partial charge in [-0.15, -0.1) is 0 Å². The highest BCUT2D eigenvalue weighted by Gasteiger charge is 2.15. The van der Waals surface area contributed by atoms with Crippen molar-refractivity contribution < 1.29 is 9.21 Å². The first-order valence-electron chi connectivity index (χ1n) is 10.7. The molecule has 150 valence electrons. The molecular formula is C21H39N3O2. The largest absolute Gasteiger partial charge is 0.446 e. The normalized spacial score (nSPS) is 12.3. The van der Waals surface area contributed by atoms with Crippen molar-refractivity contribution in [2.45, 2.75) is 103 Å². The van der Waals surface area contributed by atoms with Crippen LogP contribution in [0.15, 0.2) is 10.7 Å². The van der Waals surface area contributed by atoms with Gasteiger partial charge in [-0.25, -0.2) is 4.98 Å². The van der Waals surface area contributed by atoms with E-state index in [0.29, 0.717) is 18.1 Å². The number of carbonyl (C=O) groups excluding carboxylic acids is 1. The van der Waals surface area contributed by atoms with Crippen LogP contribution in [0.1, 0.15) is 120 Å². The Labute approximate surface area is 159 Å². The number of nitrogens with one attached hydrogen (secondary N) is 1. The van der Waals surface area contributed by atoms with Gasteiger partial charge in [0.05, 0.1) is 6.04 Å². The minimum atomic E-state index is -0.229. The van der Waals surface area contributed by atoms with E-state index in [4.69, 9.17) is 10.2 Å². The van der Waals surface area contributed by atoms with E-state index in [1.54, 1.807) is 0 Å². The van der Waals surface area contributed by atoms with Crippen molar-refractivity contribution in [2.24, 2.45) is 5.73 Å². The van der Waals surface area contributed by atoms with E-state index in [2.05, 4.69) is 24.1 Å². The molecule has 0 fully saturated rings. The zero-order valence-electron chi connectivity index (χ0n) is 16.9. The number of unbranched alkanes of at least 4 members (excludes halogenated alkanes) is 10. The van der Waals surface area contributed by atoms with Crippen LogP contribution in [0.2, 0.25) is 0 Å². The number of oxazole rings is 1. The predicted molar refractivity (Wildman–Crippen MR) is 107 cm³/mol. The monoisotopic (exact) mass is 365 g/mol. The molecule has 1 rings (SSSR count). The first-order chi connectivity index (χ1) is 12.7. The minimum Gasteiger partial charge on any atom is -0.446 e. The van der Waals surface area contributed by atoms with Gasteiger partial charge in [0.25, 0.3) is 5.91 Å². The van der Waals surface area contributed by atoms with E-state index in [9.17, 15) is 4.79 Å². The third kappa shape index (κ3) is 9.95. The summed E-state index contributed by atoms with van der Waals surface area (Å²) >= 11 is 0. The molecule has 1 atom stereocenters. The highest BCUT2D eigenvalue weighted by molar-refractivity contribution is 5.91. The quantitative estimate of drug-likeness (QED) is 0.378. The summed E-state index contributed by atoms with van der Waals surface area (Å²) in [5, 5.41) is 2.91. The second-order valence-corrected chi connectivity index (χ2v) is 7.26. The van der Waals surface area contributed by atoms with Crippen molar-refractivity contribution in [1.82, 2.24) is 10.3 Å². The lowest BCUT2D eigenvalue weighted by atomic mass is 10.1. The van der Waals surface area contributed by atoms with Crippen molar-refractivity contribution in [2.75, 3.05) is 6.54 Å². The van der Waals surface area contributed by atoms with Gasteiger partial charge in [0.1, 0.15) is 6.26 Å². The lowest BCUT2D eigenvalue weighted by Gasteiger charge is -2.04. The number of amides is 1. The van der Waals surface area contributed by atoms with Crippen LogP contribution in [-0.4, -0.2) is 17.4 Å². The second kappa shape index (κ2) is 14.8. The number of nitrogens with two attached hydrogens (primary N) is 1. The van der Waals surface area contributed by atoms with E-state index < -0.39 is 0 Å². The second-order valence-electron chi connectivity index (χ2n) is 7.26. The van der Waals surface area contributed by atoms with E-state index in [-0.39, 0.29) is 11.9 Å². The fourth-order valence-corrected chi connectivity index (χ4v) is 3.08. The molecule has 1 aromatic heterocycles. The van der Waals surface area contributed by atoms with Crippen LogP contribution in [0, 0.1) is 0 Å². The Hall–Kier alpha value is -1.36. The van der Waals surface area contributed by atoms with Crippen LogP contribution in [0.3, 0.4) is 0 Å². The van der Waals surface area contributed by atoms with Gasteiger partial charge in [0.2, 0.25) is 5.89 Å². The Balaban J connectivity index is 2.00. The fourth-order valence-electron chi connectivity index (χ4n) is 3.08. The summed E-state index contributed by atoms with van der Waals surface area (Å²) in [4.78, 5) is 16.2. The SMILES string of the molecule is CCCCCCCCCCCCCNC(=O)c1coc(C(N)CCC)n1. The maximum atomic E-state index is 12.0. The minimum absolute atomic E-state index is 0.171. The Morgan fingerprint density at radius 1 is 1.00 bits per heavy atom. The zero-order chi connectivity index (χ0) is 19.0. The number of hydrogen-bond acceptors (Lipinski definition) is 4. The molecule has 0 aliphatic carbocycles. The molecule has 5 heteroatoms. The smallest absolute Gasteiger partial charge is 0.273 e. The van der Waals surface area contributed by atoms with Gasteiger partial charge in [0.15, 0.2) is 5.69 Å².